The maximum atomic E-state index is 5.71. The van der Waals surface area contributed by atoms with Gasteiger partial charge < -0.3 is 0 Å². The van der Waals surface area contributed by atoms with E-state index in [2.05, 4.69) is 36.4 Å². The van der Waals surface area contributed by atoms with Gasteiger partial charge in [0.05, 0.1) is 0 Å². The molecule has 0 spiro atoms. The Balaban J connectivity index is 1.61. The molecule has 0 radical (unpaired) electrons. The van der Waals surface area contributed by atoms with E-state index in [0.29, 0.717) is 0 Å². The lowest BCUT2D eigenvalue weighted by Crippen LogP contribution is -2.02. The Morgan fingerprint density at radius 3 is 0.667 bits per heavy atom. The van der Waals surface area contributed by atoms with Crippen LogP contribution in [0.5, 0.6) is 0 Å². The van der Waals surface area contributed by atoms with E-state index in [1.807, 2.05) is 70.6 Å². The van der Waals surface area contributed by atoms with Crippen LogP contribution in [0.1, 0.15) is 33.4 Å². The molecule has 3 aliphatic heterocycles. The first-order chi connectivity index (χ1) is 17.5. The van der Waals surface area contributed by atoms with E-state index in [1.54, 1.807) is 0 Å². The number of hydrogen-bond acceptors (Lipinski definition) is 9. The van der Waals surface area contributed by atoms with E-state index in [-0.39, 0.29) is 0 Å². The topological polar surface area (TPSA) is 0 Å². The van der Waals surface area contributed by atoms with E-state index < -0.39 is 0 Å². The summed E-state index contributed by atoms with van der Waals surface area (Å²) in [5.41, 5.74) is 8.58. The maximum Gasteiger partial charge on any atom is 0.104 e. The molecule has 0 aromatic heterocycles. The fourth-order valence-electron chi connectivity index (χ4n) is 4.18. The lowest BCUT2D eigenvalue weighted by atomic mass is 10.0. The average molecular weight is 643 g/mol. The van der Waals surface area contributed by atoms with Crippen LogP contribution >= 0.6 is 107 Å². The van der Waals surface area contributed by atoms with Crippen molar-refractivity contribution in [1.29, 1.82) is 0 Å². The summed E-state index contributed by atoms with van der Waals surface area (Å²) >= 11 is 28.2. The summed E-state index contributed by atoms with van der Waals surface area (Å²) in [6.07, 6.45) is 6.34. The SMILES string of the molecule is S=C1SCCc2cc3cc(c2)CCSC(=S)SCCc2cc(cc(c2)CCSC(=S)SCC3)CCS1. The molecule has 3 aliphatic rings. The minimum Gasteiger partial charge on any atom is -0.107 e. The second-order valence-electron chi connectivity index (χ2n) is 8.66. The maximum absolute atomic E-state index is 5.71. The number of thiocarbonyl (C=S) groups is 3. The Kier molecular flexibility index (Phi) is 13.4. The van der Waals surface area contributed by atoms with Gasteiger partial charge in [0.25, 0.3) is 0 Å². The summed E-state index contributed by atoms with van der Waals surface area (Å²) in [5, 5.41) is 0. The first-order valence-electron chi connectivity index (χ1n) is 12.2. The largest absolute Gasteiger partial charge is 0.107 e. The minimum atomic E-state index is 1.04. The Hall–Kier alpha value is 0.810. The molecular weight excluding hydrogens is 613 g/mol. The van der Waals surface area contributed by atoms with Crippen LogP contribution < -0.4 is 0 Å². The number of aryl methyl sites for hydroxylation is 6. The number of fused-ring (bicyclic) bond motifs is 18. The summed E-state index contributed by atoms with van der Waals surface area (Å²) in [5.74, 6) is 6.25. The summed E-state index contributed by atoms with van der Waals surface area (Å²) in [7, 11) is 0. The van der Waals surface area contributed by atoms with Crippen molar-refractivity contribution in [2.45, 2.75) is 38.5 Å². The van der Waals surface area contributed by atoms with Crippen LogP contribution in [0.3, 0.4) is 0 Å². The number of rotatable bonds is 0. The van der Waals surface area contributed by atoms with Gasteiger partial charge >= 0.3 is 0 Å². The minimum absolute atomic E-state index is 1.04. The molecule has 5 rings (SSSR count). The third kappa shape index (κ3) is 10.8. The van der Waals surface area contributed by atoms with Crippen molar-refractivity contribution in [3.63, 3.8) is 0 Å². The van der Waals surface area contributed by atoms with Crippen LogP contribution in [0.15, 0.2) is 36.4 Å². The molecule has 0 aliphatic carbocycles. The molecule has 0 amide bonds. The molecule has 0 unspecified atom stereocenters. The second kappa shape index (κ2) is 16.2. The van der Waals surface area contributed by atoms with E-state index >= 15 is 0 Å². The quantitative estimate of drug-likeness (QED) is 0.256. The zero-order chi connectivity index (χ0) is 25.2. The van der Waals surface area contributed by atoms with Crippen molar-refractivity contribution in [1.82, 2.24) is 0 Å². The van der Waals surface area contributed by atoms with Gasteiger partial charge in [-0.05, 0) is 71.9 Å². The monoisotopic (exact) mass is 642 g/mol. The van der Waals surface area contributed by atoms with Gasteiger partial charge in [0.2, 0.25) is 0 Å². The van der Waals surface area contributed by atoms with Crippen LogP contribution in [-0.2, 0) is 38.5 Å². The average Bonchev–Trinajstić information content (AvgIpc) is 2.83. The Labute approximate surface area is 258 Å². The zero-order valence-electron chi connectivity index (χ0n) is 20.1. The van der Waals surface area contributed by atoms with Crippen molar-refractivity contribution in [3.8, 4) is 0 Å². The molecule has 36 heavy (non-hydrogen) atoms. The summed E-state index contributed by atoms with van der Waals surface area (Å²) in [6, 6.07) is 14.4. The third-order valence-corrected chi connectivity index (χ3v) is 14.0. The number of benzene rings is 2. The van der Waals surface area contributed by atoms with Crippen molar-refractivity contribution in [3.05, 3.63) is 69.8 Å². The second-order valence-corrected chi connectivity index (χ2v) is 18.8. The zero-order valence-corrected chi connectivity index (χ0v) is 27.5. The van der Waals surface area contributed by atoms with Gasteiger partial charge in [-0.2, -0.15) is 0 Å². The molecule has 3 heterocycles. The fraction of sp³-hybridized carbons (Fsp3) is 0.444. The van der Waals surface area contributed by atoms with Crippen molar-refractivity contribution in [2.24, 2.45) is 0 Å². The lowest BCUT2D eigenvalue weighted by molar-refractivity contribution is 1.06. The highest BCUT2D eigenvalue weighted by Gasteiger charge is 2.10. The molecule has 0 nitrogen and oxygen atoms in total. The number of hydrogen-bond donors (Lipinski definition) is 0. The smallest absolute Gasteiger partial charge is 0.104 e. The van der Waals surface area contributed by atoms with Gasteiger partial charge in [-0.3, -0.25) is 0 Å². The van der Waals surface area contributed by atoms with E-state index in [9.17, 15) is 0 Å². The molecule has 0 atom stereocenters. The summed E-state index contributed by atoms with van der Waals surface area (Å²) < 4.78 is 3.23. The molecule has 2 aromatic carbocycles. The molecule has 0 fully saturated rings. The Morgan fingerprint density at radius 2 is 0.500 bits per heavy atom. The van der Waals surface area contributed by atoms with Gasteiger partial charge in [0.15, 0.2) is 0 Å². The first-order valence-corrected chi connectivity index (χ1v) is 19.3. The predicted octanol–water partition coefficient (Wildman–Crippen LogP) is 8.92. The Bertz CT molecular complexity index is 841. The van der Waals surface area contributed by atoms with E-state index in [4.69, 9.17) is 36.7 Å². The van der Waals surface area contributed by atoms with Crippen LogP contribution in [0.25, 0.3) is 0 Å². The lowest BCUT2D eigenvalue weighted by Gasteiger charge is -2.13. The highest BCUT2D eigenvalue weighted by molar-refractivity contribution is 8.48. The molecule has 192 valence electrons. The van der Waals surface area contributed by atoms with Crippen LogP contribution in [0, 0.1) is 0 Å². The fourth-order valence-corrected chi connectivity index (χ4v) is 11.2. The molecule has 2 aromatic rings. The molecule has 0 saturated heterocycles. The molecular formula is C27H30S9. The first kappa shape index (κ1) is 29.8. The van der Waals surface area contributed by atoms with Crippen molar-refractivity contribution >= 4 is 118 Å². The van der Waals surface area contributed by atoms with E-state index in [0.717, 1.165) is 83.6 Å². The van der Waals surface area contributed by atoms with Crippen LogP contribution in [0.4, 0.5) is 0 Å². The van der Waals surface area contributed by atoms with Gasteiger partial charge in [-0.15, -0.1) is 70.6 Å². The van der Waals surface area contributed by atoms with Gasteiger partial charge in [-0.1, -0.05) is 73.1 Å². The molecule has 6 bridgehead atoms. The molecule has 0 N–H and O–H groups in total. The Morgan fingerprint density at radius 1 is 0.333 bits per heavy atom. The molecule has 0 saturated carbocycles. The van der Waals surface area contributed by atoms with Crippen molar-refractivity contribution < 1.29 is 0 Å². The standard InChI is InChI=1S/C27H30S9/c28-25-31-7-1-19-13-20-2-8-33-26(29)35-11-5-23-16-22(4-10-32-25)17-24(18-23)6-12-36-27(30)34-9-3-21(14-19)15-20/h13-18H,1-12H2. The van der Waals surface area contributed by atoms with Crippen LogP contribution in [0.2, 0.25) is 0 Å². The normalized spacial score (nSPS) is 19.5. The summed E-state index contributed by atoms with van der Waals surface area (Å²) in [6.45, 7) is 0. The molecule has 9 heteroatoms. The van der Waals surface area contributed by atoms with Gasteiger partial charge in [0, 0.05) is 34.5 Å². The highest BCUT2D eigenvalue weighted by Crippen LogP contribution is 2.26. The van der Waals surface area contributed by atoms with Gasteiger partial charge in [-0.25, -0.2) is 0 Å². The third-order valence-electron chi connectivity index (χ3n) is 5.89. The van der Waals surface area contributed by atoms with E-state index in [1.165, 1.54) is 33.4 Å². The van der Waals surface area contributed by atoms with Gasteiger partial charge in [0.1, 0.15) is 10.6 Å². The van der Waals surface area contributed by atoms with Crippen LogP contribution in [-0.4, -0.2) is 45.1 Å². The summed E-state index contributed by atoms with van der Waals surface area (Å²) in [4.78, 5) is 0. The highest BCUT2D eigenvalue weighted by atomic mass is 32.2. The predicted molar refractivity (Wildman–Crippen MR) is 188 cm³/mol. The van der Waals surface area contributed by atoms with Crippen molar-refractivity contribution in [2.75, 3.05) is 34.5 Å². The number of thioether (sulfide) groups is 6.